The average Bonchev–Trinajstić information content (AvgIpc) is 2.94. The number of benzene rings is 1. The Balaban J connectivity index is 1.52. The number of ether oxygens (including phenoxy) is 1. The van der Waals surface area contributed by atoms with Crippen LogP contribution in [0.15, 0.2) is 24.4 Å². The molecule has 236 valence electrons. The lowest BCUT2D eigenvalue weighted by Gasteiger charge is -2.32. The van der Waals surface area contributed by atoms with E-state index in [0.717, 1.165) is 57.8 Å². The minimum absolute atomic E-state index is 0.000806. The molecule has 0 bridgehead atoms. The molecule has 12 heteroatoms. The van der Waals surface area contributed by atoms with Gasteiger partial charge in [-0.1, -0.05) is 12.8 Å². The van der Waals surface area contributed by atoms with E-state index < -0.39 is 11.7 Å². The van der Waals surface area contributed by atoms with Gasteiger partial charge < -0.3 is 25.2 Å². The van der Waals surface area contributed by atoms with Gasteiger partial charge in [0.15, 0.2) is 0 Å². The van der Waals surface area contributed by atoms with Crippen molar-refractivity contribution in [3.63, 3.8) is 0 Å². The maximum Gasteiger partial charge on any atom is 0.419 e. The third-order valence-electron chi connectivity index (χ3n) is 8.44. The molecule has 2 aliphatic rings. The summed E-state index contributed by atoms with van der Waals surface area (Å²) in [7, 11) is 7.17. The van der Waals surface area contributed by atoms with Crippen LogP contribution in [0.2, 0.25) is 0 Å². The molecule has 43 heavy (non-hydrogen) atoms. The van der Waals surface area contributed by atoms with E-state index in [2.05, 4.69) is 32.5 Å². The molecule has 1 amide bonds. The van der Waals surface area contributed by atoms with Crippen LogP contribution >= 0.6 is 0 Å². The van der Waals surface area contributed by atoms with Crippen LogP contribution in [0, 0.1) is 11.8 Å². The van der Waals surface area contributed by atoms with Crippen molar-refractivity contribution < 1.29 is 27.5 Å². The first kappa shape index (κ1) is 32.7. The predicted molar refractivity (Wildman–Crippen MR) is 159 cm³/mol. The topological polar surface area (TPSA) is 99.7 Å². The summed E-state index contributed by atoms with van der Waals surface area (Å²) in [6.45, 7) is 2.16. The van der Waals surface area contributed by atoms with E-state index in [1.807, 2.05) is 19.0 Å². The zero-order valence-electron chi connectivity index (χ0n) is 25.5. The van der Waals surface area contributed by atoms with E-state index in [0.29, 0.717) is 30.0 Å². The SMILES string of the molecule is COc1cc(C(=O)NC2CCN(C)CC2)ccc1Nc1ncc(C(F)(F)F)c(C[C@@H]2CCCC[C@H]2CC(=O)CN(C)C)n1. The van der Waals surface area contributed by atoms with Crippen molar-refractivity contribution in [2.45, 2.75) is 63.6 Å². The molecule has 9 nitrogen and oxygen atoms in total. The van der Waals surface area contributed by atoms with Crippen molar-refractivity contribution in [2.24, 2.45) is 11.8 Å². The maximum absolute atomic E-state index is 14.0. The van der Waals surface area contributed by atoms with Crippen molar-refractivity contribution >= 4 is 23.3 Å². The molecule has 2 atom stereocenters. The number of carbonyl (C=O) groups excluding carboxylic acids is 2. The Labute approximate surface area is 251 Å². The molecular formula is C31H43F3N6O3. The lowest BCUT2D eigenvalue weighted by atomic mass is 9.74. The number of alkyl halides is 3. The van der Waals surface area contributed by atoms with Gasteiger partial charge in [-0.2, -0.15) is 13.2 Å². The van der Waals surface area contributed by atoms with Crippen LogP contribution in [-0.2, 0) is 17.4 Å². The van der Waals surface area contributed by atoms with Gasteiger partial charge in [0.1, 0.15) is 11.5 Å². The summed E-state index contributed by atoms with van der Waals surface area (Å²) in [4.78, 5) is 37.8. The Morgan fingerprint density at radius 1 is 1.09 bits per heavy atom. The van der Waals surface area contributed by atoms with E-state index in [-0.39, 0.29) is 47.6 Å². The van der Waals surface area contributed by atoms with Crippen molar-refractivity contribution in [3.8, 4) is 5.75 Å². The standard InChI is InChI=1S/C31H43F3N6O3/c1-39(2)19-24(41)15-20-7-5-6-8-21(20)16-27-25(31(32,33)34)18-35-30(38-27)37-26-10-9-22(17-28(26)43-4)29(42)36-23-11-13-40(3)14-12-23/h9-10,17-18,20-21,23H,5-8,11-16,19H2,1-4H3,(H,36,42)(H,35,37,38)/t20-,21-/m0/s1. The number of carbonyl (C=O) groups is 2. The summed E-state index contributed by atoms with van der Waals surface area (Å²) >= 11 is 0. The molecule has 1 aliphatic heterocycles. The molecule has 1 saturated heterocycles. The number of nitrogens with zero attached hydrogens (tertiary/aromatic N) is 4. The first-order valence-electron chi connectivity index (χ1n) is 15.0. The van der Waals surface area contributed by atoms with E-state index in [4.69, 9.17) is 4.74 Å². The maximum atomic E-state index is 14.0. The quantitative estimate of drug-likeness (QED) is 0.372. The van der Waals surface area contributed by atoms with E-state index in [9.17, 15) is 22.8 Å². The summed E-state index contributed by atoms with van der Waals surface area (Å²) in [5.41, 5.74) is -0.110. The van der Waals surface area contributed by atoms with Crippen molar-refractivity contribution in [1.29, 1.82) is 0 Å². The molecule has 2 N–H and O–H groups in total. The molecule has 0 unspecified atom stereocenters. The largest absolute Gasteiger partial charge is 0.495 e. The fraction of sp³-hybridized carbons (Fsp3) is 0.613. The normalized spacial score (nSPS) is 20.2. The molecule has 2 fully saturated rings. The molecule has 1 aromatic heterocycles. The van der Waals surface area contributed by atoms with Crippen LogP contribution < -0.4 is 15.4 Å². The van der Waals surface area contributed by atoms with Crippen LogP contribution in [-0.4, -0.2) is 85.4 Å². The summed E-state index contributed by atoms with van der Waals surface area (Å²) in [6, 6.07) is 4.96. The summed E-state index contributed by atoms with van der Waals surface area (Å²) in [6.07, 6.45) is 1.86. The van der Waals surface area contributed by atoms with Gasteiger partial charge in [0.05, 0.1) is 30.6 Å². The van der Waals surface area contributed by atoms with E-state index in [1.165, 1.54) is 7.11 Å². The molecule has 4 rings (SSSR count). The third kappa shape index (κ3) is 9.12. The first-order valence-corrected chi connectivity index (χ1v) is 15.0. The second kappa shape index (κ2) is 14.5. The third-order valence-corrected chi connectivity index (χ3v) is 8.44. The number of anilines is 2. The van der Waals surface area contributed by atoms with Gasteiger partial charge >= 0.3 is 6.18 Å². The Kier molecular flexibility index (Phi) is 11.0. The number of hydrogen-bond acceptors (Lipinski definition) is 8. The molecule has 2 heterocycles. The van der Waals surface area contributed by atoms with Gasteiger partial charge in [0.25, 0.3) is 5.91 Å². The highest BCUT2D eigenvalue weighted by atomic mass is 19.4. The summed E-state index contributed by atoms with van der Waals surface area (Å²) in [5.74, 6) is 0.161. The van der Waals surface area contributed by atoms with Gasteiger partial charge in [-0.25, -0.2) is 9.97 Å². The van der Waals surface area contributed by atoms with Gasteiger partial charge in [-0.05, 0) is 96.4 Å². The summed E-state index contributed by atoms with van der Waals surface area (Å²) < 4.78 is 47.6. The zero-order valence-corrected chi connectivity index (χ0v) is 25.5. The van der Waals surface area contributed by atoms with Gasteiger partial charge in [0.2, 0.25) is 5.95 Å². The summed E-state index contributed by atoms with van der Waals surface area (Å²) in [5, 5.41) is 6.06. The highest BCUT2D eigenvalue weighted by molar-refractivity contribution is 5.95. The van der Waals surface area contributed by atoms with Gasteiger partial charge in [-0.15, -0.1) is 0 Å². The molecule has 1 saturated carbocycles. The second-order valence-corrected chi connectivity index (χ2v) is 12.1. The highest BCUT2D eigenvalue weighted by Crippen LogP contribution is 2.38. The second-order valence-electron chi connectivity index (χ2n) is 12.1. The molecule has 0 spiro atoms. The number of hydrogen-bond donors (Lipinski definition) is 2. The smallest absolute Gasteiger partial charge is 0.419 e. The number of methoxy groups -OCH3 is 1. The molecule has 0 radical (unpaired) electrons. The number of amides is 1. The number of aromatic nitrogens is 2. The predicted octanol–water partition coefficient (Wildman–Crippen LogP) is 4.94. The highest BCUT2D eigenvalue weighted by Gasteiger charge is 2.37. The van der Waals surface area contributed by atoms with Gasteiger partial charge in [-0.3, -0.25) is 9.59 Å². The molecule has 1 aromatic carbocycles. The average molecular weight is 605 g/mol. The van der Waals surface area contributed by atoms with Crippen LogP contribution in [0.25, 0.3) is 0 Å². The van der Waals surface area contributed by atoms with E-state index >= 15 is 0 Å². The van der Waals surface area contributed by atoms with Crippen molar-refractivity contribution in [1.82, 2.24) is 25.1 Å². The monoisotopic (exact) mass is 604 g/mol. The number of Topliss-reactive ketones (excluding diaryl/α,β-unsaturated/α-hetero) is 1. The number of halogens is 3. The Morgan fingerprint density at radius 3 is 2.44 bits per heavy atom. The number of likely N-dealkylation sites (tertiary alicyclic amines) is 1. The fourth-order valence-corrected chi connectivity index (χ4v) is 6.13. The van der Waals surface area contributed by atoms with Crippen LogP contribution in [0.5, 0.6) is 5.75 Å². The van der Waals surface area contributed by atoms with Crippen LogP contribution in [0.1, 0.15) is 66.6 Å². The Hall–Kier alpha value is -3.25. The van der Waals surface area contributed by atoms with Gasteiger partial charge in [0, 0.05) is 24.2 Å². The molecular weight excluding hydrogens is 561 g/mol. The lowest BCUT2D eigenvalue weighted by molar-refractivity contribution is -0.139. The van der Waals surface area contributed by atoms with Crippen molar-refractivity contribution in [3.05, 3.63) is 41.2 Å². The lowest BCUT2D eigenvalue weighted by Crippen LogP contribution is -2.43. The number of ketones is 1. The van der Waals surface area contributed by atoms with Crippen LogP contribution in [0.3, 0.4) is 0 Å². The number of likely N-dealkylation sites (N-methyl/N-ethyl adjacent to an activating group) is 1. The molecule has 1 aliphatic carbocycles. The van der Waals surface area contributed by atoms with E-state index in [1.54, 1.807) is 18.2 Å². The number of rotatable bonds is 11. The Bertz CT molecular complexity index is 1260. The first-order chi connectivity index (χ1) is 20.4. The van der Waals surface area contributed by atoms with Crippen LogP contribution in [0.4, 0.5) is 24.8 Å². The Morgan fingerprint density at radius 2 is 1.79 bits per heavy atom. The minimum atomic E-state index is -4.61. The molecule has 2 aromatic rings. The minimum Gasteiger partial charge on any atom is -0.495 e. The number of nitrogens with one attached hydrogen (secondary N) is 2. The fourth-order valence-electron chi connectivity index (χ4n) is 6.13. The number of piperidine rings is 1. The zero-order chi connectivity index (χ0) is 31.1. The van der Waals surface area contributed by atoms with Crippen molar-refractivity contribution in [2.75, 3.05) is 53.2 Å².